The van der Waals surface area contributed by atoms with Crippen LogP contribution in [-0.4, -0.2) is 37.2 Å². The highest BCUT2D eigenvalue weighted by Gasteiger charge is 2.35. The summed E-state index contributed by atoms with van der Waals surface area (Å²) >= 11 is 0. The van der Waals surface area contributed by atoms with E-state index in [9.17, 15) is 0 Å². The predicted molar refractivity (Wildman–Crippen MR) is 46.7 cm³/mol. The Hall–Kier alpha value is -0.0800. The van der Waals surface area contributed by atoms with E-state index >= 15 is 0 Å². The summed E-state index contributed by atoms with van der Waals surface area (Å²) in [6.07, 6.45) is 0. The fraction of sp³-hybridized carbons (Fsp3) is 1.00. The van der Waals surface area contributed by atoms with Gasteiger partial charge in [-0.1, -0.05) is 13.8 Å². The summed E-state index contributed by atoms with van der Waals surface area (Å²) < 4.78 is 5.48. The maximum absolute atomic E-state index is 5.48. The van der Waals surface area contributed by atoms with E-state index in [1.165, 1.54) is 0 Å². The molecule has 0 aliphatic carbocycles. The third-order valence-electron chi connectivity index (χ3n) is 3.08. The molecule has 0 radical (unpaired) electrons. The fourth-order valence-corrected chi connectivity index (χ4v) is 1.45. The zero-order valence-corrected chi connectivity index (χ0v) is 8.05. The van der Waals surface area contributed by atoms with Gasteiger partial charge in [-0.2, -0.15) is 0 Å². The quantitative estimate of drug-likeness (QED) is 0.570. The number of likely N-dealkylation sites (N-methyl/N-ethyl adjacent to an activating group) is 1. The second kappa shape index (κ2) is 3.11. The summed E-state index contributed by atoms with van der Waals surface area (Å²) in [5.41, 5.74) is 0.248. The number of rotatable bonds is 1. The Bertz CT molecular complexity index is 136. The van der Waals surface area contributed by atoms with Gasteiger partial charge >= 0.3 is 0 Å². The molecular weight excluding hydrogens is 138 g/mol. The smallest absolute Gasteiger partial charge is 0.0650 e. The van der Waals surface area contributed by atoms with Crippen molar-refractivity contribution in [3.05, 3.63) is 0 Å². The summed E-state index contributed by atoms with van der Waals surface area (Å²) in [4.78, 5) is 2.40. The fourth-order valence-electron chi connectivity index (χ4n) is 1.45. The van der Waals surface area contributed by atoms with Gasteiger partial charge in [-0.15, -0.1) is 0 Å². The number of nitrogens with zero attached hydrogens (tertiary/aromatic N) is 1. The van der Waals surface area contributed by atoms with Gasteiger partial charge in [0.1, 0.15) is 0 Å². The Morgan fingerprint density at radius 3 is 2.45 bits per heavy atom. The highest BCUT2D eigenvalue weighted by Crippen LogP contribution is 2.25. The standard InChI is InChI=1S/C9H19NO/c1-8(2)9(3)7-11-6-5-10(9)4/h8H,5-7H2,1-4H3/t9-/m1/s1. The highest BCUT2D eigenvalue weighted by molar-refractivity contribution is 4.89. The van der Waals surface area contributed by atoms with Gasteiger partial charge < -0.3 is 4.74 Å². The van der Waals surface area contributed by atoms with Crippen molar-refractivity contribution in [2.75, 3.05) is 26.8 Å². The van der Waals surface area contributed by atoms with Crippen LogP contribution in [0.3, 0.4) is 0 Å². The predicted octanol–water partition coefficient (Wildman–Crippen LogP) is 1.36. The van der Waals surface area contributed by atoms with Crippen molar-refractivity contribution in [3.63, 3.8) is 0 Å². The van der Waals surface area contributed by atoms with Gasteiger partial charge in [-0.05, 0) is 19.9 Å². The number of morpholine rings is 1. The Kier molecular flexibility index (Phi) is 2.55. The van der Waals surface area contributed by atoms with Crippen LogP contribution in [0.5, 0.6) is 0 Å². The van der Waals surface area contributed by atoms with E-state index in [2.05, 4.69) is 32.7 Å². The molecule has 2 nitrogen and oxygen atoms in total. The van der Waals surface area contributed by atoms with Crippen LogP contribution in [0.15, 0.2) is 0 Å². The molecule has 0 bridgehead atoms. The first-order chi connectivity index (χ1) is 5.07. The lowest BCUT2D eigenvalue weighted by Crippen LogP contribution is -2.56. The maximum Gasteiger partial charge on any atom is 0.0650 e. The van der Waals surface area contributed by atoms with E-state index in [1.54, 1.807) is 0 Å². The minimum Gasteiger partial charge on any atom is -0.378 e. The molecule has 0 amide bonds. The van der Waals surface area contributed by atoms with Crippen LogP contribution in [0.25, 0.3) is 0 Å². The Morgan fingerprint density at radius 2 is 2.09 bits per heavy atom. The zero-order valence-electron chi connectivity index (χ0n) is 8.05. The summed E-state index contributed by atoms with van der Waals surface area (Å²) in [5.74, 6) is 0.660. The first-order valence-corrected chi connectivity index (χ1v) is 4.36. The van der Waals surface area contributed by atoms with Crippen molar-refractivity contribution in [2.24, 2.45) is 5.92 Å². The molecule has 0 N–H and O–H groups in total. The molecule has 1 aliphatic heterocycles. The molecule has 0 aromatic rings. The Labute approximate surface area is 69.5 Å². The second-order valence-corrected chi connectivity index (χ2v) is 3.99. The van der Waals surface area contributed by atoms with Crippen LogP contribution in [0.1, 0.15) is 20.8 Å². The van der Waals surface area contributed by atoms with E-state index in [4.69, 9.17) is 4.74 Å². The van der Waals surface area contributed by atoms with E-state index < -0.39 is 0 Å². The van der Waals surface area contributed by atoms with Crippen LogP contribution in [0, 0.1) is 5.92 Å². The maximum atomic E-state index is 5.48. The minimum absolute atomic E-state index is 0.248. The van der Waals surface area contributed by atoms with Crippen molar-refractivity contribution >= 4 is 0 Å². The largest absolute Gasteiger partial charge is 0.378 e. The molecule has 11 heavy (non-hydrogen) atoms. The topological polar surface area (TPSA) is 12.5 Å². The molecule has 0 aromatic carbocycles. The number of hydrogen-bond acceptors (Lipinski definition) is 2. The molecule has 66 valence electrons. The SMILES string of the molecule is CC(C)[C@@]1(C)COCCN1C. The number of ether oxygens (including phenoxy) is 1. The van der Waals surface area contributed by atoms with Crippen LogP contribution in [0.4, 0.5) is 0 Å². The van der Waals surface area contributed by atoms with Crippen LogP contribution < -0.4 is 0 Å². The van der Waals surface area contributed by atoms with Crippen LogP contribution in [0.2, 0.25) is 0 Å². The molecule has 2 heteroatoms. The van der Waals surface area contributed by atoms with Crippen molar-refractivity contribution in [1.29, 1.82) is 0 Å². The van der Waals surface area contributed by atoms with Gasteiger partial charge in [0.2, 0.25) is 0 Å². The minimum atomic E-state index is 0.248. The van der Waals surface area contributed by atoms with Crippen molar-refractivity contribution in [3.8, 4) is 0 Å². The molecule has 0 spiro atoms. The van der Waals surface area contributed by atoms with Crippen LogP contribution in [-0.2, 0) is 4.74 Å². The van der Waals surface area contributed by atoms with Crippen molar-refractivity contribution in [2.45, 2.75) is 26.3 Å². The Morgan fingerprint density at radius 1 is 1.45 bits per heavy atom. The molecule has 1 rings (SSSR count). The number of hydrogen-bond donors (Lipinski definition) is 0. The lowest BCUT2D eigenvalue weighted by atomic mass is 9.87. The lowest BCUT2D eigenvalue weighted by Gasteiger charge is -2.45. The average Bonchev–Trinajstić information content (AvgIpc) is 1.95. The van der Waals surface area contributed by atoms with Crippen LogP contribution >= 0.6 is 0 Å². The van der Waals surface area contributed by atoms with Gasteiger partial charge in [0, 0.05) is 12.1 Å². The van der Waals surface area contributed by atoms with E-state index in [0.29, 0.717) is 5.92 Å². The first-order valence-electron chi connectivity index (χ1n) is 4.36. The van der Waals surface area contributed by atoms with E-state index in [0.717, 1.165) is 19.8 Å². The normalized spacial score (nSPS) is 34.6. The third-order valence-corrected chi connectivity index (χ3v) is 3.08. The van der Waals surface area contributed by atoms with Gasteiger partial charge in [-0.25, -0.2) is 0 Å². The average molecular weight is 157 g/mol. The van der Waals surface area contributed by atoms with E-state index in [1.807, 2.05) is 0 Å². The second-order valence-electron chi connectivity index (χ2n) is 3.99. The van der Waals surface area contributed by atoms with E-state index in [-0.39, 0.29) is 5.54 Å². The molecular formula is C9H19NO. The Balaban J connectivity index is 2.64. The molecule has 1 fully saturated rings. The summed E-state index contributed by atoms with van der Waals surface area (Å²) in [6.45, 7) is 9.61. The summed E-state index contributed by atoms with van der Waals surface area (Å²) in [6, 6.07) is 0. The van der Waals surface area contributed by atoms with Gasteiger partial charge in [-0.3, -0.25) is 4.90 Å². The van der Waals surface area contributed by atoms with Gasteiger partial charge in [0.25, 0.3) is 0 Å². The molecule has 0 unspecified atom stereocenters. The van der Waals surface area contributed by atoms with Crippen molar-refractivity contribution in [1.82, 2.24) is 4.90 Å². The summed E-state index contributed by atoms with van der Waals surface area (Å²) in [5, 5.41) is 0. The van der Waals surface area contributed by atoms with Gasteiger partial charge in [0.15, 0.2) is 0 Å². The summed E-state index contributed by atoms with van der Waals surface area (Å²) in [7, 11) is 2.18. The molecule has 0 aromatic heterocycles. The molecule has 1 atom stereocenters. The van der Waals surface area contributed by atoms with Crippen molar-refractivity contribution < 1.29 is 4.74 Å². The third kappa shape index (κ3) is 1.57. The highest BCUT2D eigenvalue weighted by atomic mass is 16.5. The molecule has 0 saturated carbocycles. The lowest BCUT2D eigenvalue weighted by molar-refractivity contribution is -0.0686. The molecule has 1 aliphatic rings. The van der Waals surface area contributed by atoms with Gasteiger partial charge in [0.05, 0.1) is 13.2 Å². The first kappa shape index (κ1) is 9.01. The molecule has 1 saturated heterocycles. The monoisotopic (exact) mass is 157 g/mol. The zero-order chi connectivity index (χ0) is 8.48. The molecule has 1 heterocycles.